The summed E-state index contributed by atoms with van der Waals surface area (Å²) in [6.07, 6.45) is 1.18. The van der Waals surface area contributed by atoms with E-state index in [-0.39, 0.29) is 12.4 Å². The number of halogens is 1. The Bertz CT molecular complexity index is 525. The molecule has 5 nitrogen and oxygen atoms in total. The zero-order chi connectivity index (χ0) is 13.1. The third kappa shape index (κ3) is 3.36. The van der Waals surface area contributed by atoms with E-state index in [2.05, 4.69) is 27.4 Å². The van der Waals surface area contributed by atoms with E-state index >= 15 is 0 Å². The van der Waals surface area contributed by atoms with Gasteiger partial charge in [0.1, 0.15) is 0 Å². The van der Waals surface area contributed by atoms with Gasteiger partial charge < -0.3 is 9.84 Å². The molecule has 1 atom stereocenters. The maximum atomic E-state index is 5.33. The fraction of sp³-hybridized carbons (Fsp3) is 0.429. The van der Waals surface area contributed by atoms with Gasteiger partial charge in [-0.1, -0.05) is 35.5 Å². The van der Waals surface area contributed by atoms with Gasteiger partial charge in [-0.2, -0.15) is 4.98 Å². The molecule has 1 aliphatic heterocycles. The van der Waals surface area contributed by atoms with E-state index in [1.54, 1.807) is 0 Å². The number of hydrogen-bond donors (Lipinski definition) is 1. The van der Waals surface area contributed by atoms with Crippen LogP contribution in [0.2, 0.25) is 0 Å². The van der Waals surface area contributed by atoms with E-state index in [1.165, 1.54) is 6.42 Å². The van der Waals surface area contributed by atoms with Crippen molar-refractivity contribution in [3.8, 4) is 11.4 Å². The highest BCUT2D eigenvalue weighted by Gasteiger charge is 2.21. The largest absolute Gasteiger partial charge is 0.338 e. The van der Waals surface area contributed by atoms with Gasteiger partial charge in [-0.25, -0.2) is 0 Å². The molecule has 0 aliphatic carbocycles. The zero-order valence-corrected chi connectivity index (χ0v) is 12.3. The second-order valence-corrected chi connectivity index (χ2v) is 4.94. The van der Waals surface area contributed by atoms with Crippen LogP contribution in [0.25, 0.3) is 11.4 Å². The van der Waals surface area contributed by atoms with Crippen molar-refractivity contribution in [2.75, 3.05) is 20.1 Å². The highest BCUT2D eigenvalue weighted by atomic mass is 35.5. The fourth-order valence-electron chi connectivity index (χ4n) is 2.38. The van der Waals surface area contributed by atoms with Crippen LogP contribution in [0.1, 0.15) is 12.3 Å². The summed E-state index contributed by atoms with van der Waals surface area (Å²) in [4.78, 5) is 6.72. The summed E-state index contributed by atoms with van der Waals surface area (Å²) in [5, 5.41) is 7.40. The monoisotopic (exact) mass is 294 g/mol. The first-order valence-electron chi connectivity index (χ1n) is 6.62. The predicted molar refractivity (Wildman–Crippen MR) is 79.7 cm³/mol. The average Bonchev–Trinajstić information content (AvgIpc) is 3.11. The lowest BCUT2D eigenvalue weighted by Crippen LogP contribution is -2.32. The van der Waals surface area contributed by atoms with Gasteiger partial charge in [0.25, 0.3) is 0 Å². The van der Waals surface area contributed by atoms with E-state index in [4.69, 9.17) is 4.52 Å². The van der Waals surface area contributed by atoms with Crippen LogP contribution < -0.4 is 5.32 Å². The van der Waals surface area contributed by atoms with Crippen molar-refractivity contribution in [3.63, 3.8) is 0 Å². The molecule has 3 rings (SSSR count). The minimum Gasteiger partial charge on any atom is -0.338 e. The van der Waals surface area contributed by atoms with Crippen LogP contribution in [0, 0.1) is 0 Å². The molecule has 1 N–H and O–H groups in total. The molecular weight excluding hydrogens is 276 g/mol. The molecule has 1 aromatic heterocycles. The van der Waals surface area contributed by atoms with Crippen molar-refractivity contribution in [3.05, 3.63) is 36.2 Å². The van der Waals surface area contributed by atoms with E-state index in [1.807, 2.05) is 30.3 Å². The van der Waals surface area contributed by atoms with Gasteiger partial charge in [0.2, 0.25) is 11.7 Å². The maximum Gasteiger partial charge on any atom is 0.241 e. The molecule has 0 radical (unpaired) electrons. The van der Waals surface area contributed by atoms with Crippen molar-refractivity contribution >= 4 is 12.4 Å². The van der Waals surface area contributed by atoms with E-state index in [9.17, 15) is 0 Å². The highest BCUT2D eigenvalue weighted by Crippen LogP contribution is 2.16. The van der Waals surface area contributed by atoms with Crippen LogP contribution in [0.4, 0.5) is 0 Å². The molecule has 0 spiro atoms. The Hall–Kier alpha value is -1.43. The third-order valence-electron chi connectivity index (χ3n) is 3.54. The van der Waals surface area contributed by atoms with Gasteiger partial charge in [-0.3, -0.25) is 4.90 Å². The van der Waals surface area contributed by atoms with Gasteiger partial charge in [0.15, 0.2) is 0 Å². The predicted octanol–water partition coefficient (Wildman–Crippen LogP) is 1.95. The van der Waals surface area contributed by atoms with Crippen molar-refractivity contribution in [2.24, 2.45) is 0 Å². The number of aromatic nitrogens is 2. The topological polar surface area (TPSA) is 54.2 Å². The van der Waals surface area contributed by atoms with Crippen LogP contribution in [0.3, 0.4) is 0 Å². The van der Waals surface area contributed by atoms with Gasteiger partial charge >= 0.3 is 0 Å². The molecule has 20 heavy (non-hydrogen) atoms. The maximum absolute atomic E-state index is 5.33. The molecule has 0 bridgehead atoms. The molecule has 1 aromatic carbocycles. The Kier molecular flexibility index (Phi) is 5.11. The molecule has 1 fully saturated rings. The van der Waals surface area contributed by atoms with Crippen LogP contribution in [0.15, 0.2) is 34.9 Å². The van der Waals surface area contributed by atoms with Gasteiger partial charge in [0, 0.05) is 18.2 Å². The summed E-state index contributed by atoms with van der Waals surface area (Å²) in [6, 6.07) is 10.5. The van der Waals surface area contributed by atoms with Gasteiger partial charge in [-0.15, -0.1) is 12.4 Å². The summed E-state index contributed by atoms with van der Waals surface area (Å²) in [5.41, 5.74) is 0.989. The Morgan fingerprint density at radius 1 is 1.35 bits per heavy atom. The lowest BCUT2D eigenvalue weighted by Gasteiger charge is -2.21. The molecule has 2 heterocycles. The number of likely N-dealkylation sites (N-methyl/N-ethyl adjacent to an activating group) is 1. The van der Waals surface area contributed by atoms with Crippen LogP contribution >= 0.6 is 12.4 Å². The molecule has 1 unspecified atom stereocenters. The van der Waals surface area contributed by atoms with Crippen LogP contribution in [-0.2, 0) is 6.54 Å². The van der Waals surface area contributed by atoms with E-state index in [0.717, 1.165) is 18.7 Å². The number of nitrogens with one attached hydrogen (secondary N) is 1. The van der Waals surface area contributed by atoms with Crippen molar-refractivity contribution in [1.82, 2.24) is 20.4 Å². The Balaban J connectivity index is 0.00000147. The first-order valence-corrected chi connectivity index (χ1v) is 6.62. The van der Waals surface area contributed by atoms with Crippen molar-refractivity contribution < 1.29 is 4.52 Å². The van der Waals surface area contributed by atoms with E-state index < -0.39 is 0 Å². The smallest absolute Gasteiger partial charge is 0.241 e. The quantitative estimate of drug-likeness (QED) is 0.934. The highest BCUT2D eigenvalue weighted by molar-refractivity contribution is 5.85. The Morgan fingerprint density at radius 2 is 2.15 bits per heavy atom. The molecule has 0 saturated carbocycles. The molecule has 0 amide bonds. The van der Waals surface area contributed by atoms with Crippen molar-refractivity contribution in [1.29, 1.82) is 0 Å². The van der Waals surface area contributed by atoms with Crippen molar-refractivity contribution in [2.45, 2.75) is 19.0 Å². The number of hydrogen-bond acceptors (Lipinski definition) is 5. The molecule has 6 heteroatoms. The summed E-state index contributed by atoms with van der Waals surface area (Å²) in [7, 11) is 2.10. The Morgan fingerprint density at radius 3 is 2.85 bits per heavy atom. The standard InChI is InChI=1S/C14H18N4O.ClH/c1-18(12-7-8-15-9-12)10-13-16-14(17-19-13)11-5-3-2-4-6-11;/h2-6,12,15H,7-10H2,1H3;1H. The SMILES string of the molecule is CN(Cc1nc(-c2ccccc2)no1)C1CCNC1.Cl. The summed E-state index contributed by atoms with van der Waals surface area (Å²) in [6.45, 7) is 2.83. The molecular formula is C14H19ClN4O. The second-order valence-electron chi connectivity index (χ2n) is 4.94. The van der Waals surface area contributed by atoms with E-state index in [0.29, 0.717) is 24.3 Å². The third-order valence-corrected chi connectivity index (χ3v) is 3.54. The lowest BCUT2D eigenvalue weighted by atomic mass is 10.2. The number of rotatable bonds is 4. The first-order chi connectivity index (χ1) is 9.33. The van der Waals surface area contributed by atoms with Crippen LogP contribution in [-0.4, -0.2) is 41.2 Å². The molecule has 108 valence electrons. The van der Waals surface area contributed by atoms with Crippen LogP contribution in [0.5, 0.6) is 0 Å². The first kappa shape index (κ1) is 15.0. The molecule has 1 aliphatic rings. The molecule has 2 aromatic rings. The minimum absolute atomic E-state index is 0. The average molecular weight is 295 g/mol. The van der Waals surface area contributed by atoms with Gasteiger partial charge in [0.05, 0.1) is 6.54 Å². The minimum atomic E-state index is 0. The summed E-state index contributed by atoms with van der Waals surface area (Å²) >= 11 is 0. The molecule has 1 saturated heterocycles. The number of nitrogens with zero attached hydrogens (tertiary/aromatic N) is 3. The van der Waals surface area contributed by atoms with Gasteiger partial charge in [-0.05, 0) is 20.0 Å². The summed E-state index contributed by atoms with van der Waals surface area (Å²) in [5.74, 6) is 1.34. The number of benzene rings is 1. The normalized spacial score (nSPS) is 18.2. The summed E-state index contributed by atoms with van der Waals surface area (Å²) < 4.78 is 5.33. The fourth-order valence-corrected chi connectivity index (χ4v) is 2.38. The zero-order valence-electron chi connectivity index (χ0n) is 11.5. The lowest BCUT2D eigenvalue weighted by molar-refractivity contribution is 0.214. The second kappa shape index (κ2) is 6.83. The Labute approximate surface area is 124 Å².